The molecule has 3 aromatic rings. The number of amides is 1. The first kappa shape index (κ1) is 30.1. The van der Waals surface area contributed by atoms with Gasteiger partial charge in [-0.05, 0) is 84.6 Å². The number of pyridine rings is 1. The minimum absolute atomic E-state index is 0.220. The number of esters is 1. The zero-order chi connectivity index (χ0) is 29.8. The first-order valence-electron chi connectivity index (χ1n) is 14.3. The Hall–Kier alpha value is -3.88. The van der Waals surface area contributed by atoms with E-state index in [0.29, 0.717) is 38.2 Å². The minimum atomic E-state index is -0.804. The molecule has 0 atom stereocenters. The van der Waals surface area contributed by atoms with Crippen LogP contribution in [0.5, 0.6) is 0 Å². The summed E-state index contributed by atoms with van der Waals surface area (Å²) in [6.07, 6.45) is 2.72. The number of benzene rings is 1. The smallest absolute Gasteiger partial charge is 0.410 e. The lowest BCUT2D eigenvalue weighted by Gasteiger charge is -2.40. The van der Waals surface area contributed by atoms with E-state index in [1.54, 1.807) is 11.1 Å². The van der Waals surface area contributed by atoms with E-state index in [1.165, 1.54) is 0 Å². The highest BCUT2D eigenvalue weighted by molar-refractivity contribution is 5.78. The number of piperidine rings is 1. The largest absolute Gasteiger partial charge is 0.466 e. The molecule has 4 rings (SSSR count). The normalized spacial score (nSPS) is 15.3. The number of hydrogen-bond acceptors (Lipinski definition) is 7. The average molecular weight is 562 g/mol. The molecular formula is C32H43N5O4. The molecule has 1 fully saturated rings. The van der Waals surface area contributed by atoms with Crippen LogP contribution in [0.2, 0.25) is 0 Å². The van der Waals surface area contributed by atoms with Gasteiger partial charge in [0.2, 0.25) is 0 Å². The number of nitrogens with one attached hydrogen (secondary N) is 1. The molecule has 0 radical (unpaired) electrons. The van der Waals surface area contributed by atoms with E-state index in [1.807, 2.05) is 68.8 Å². The highest BCUT2D eigenvalue weighted by atomic mass is 16.6. The summed E-state index contributed by atoms with van der Waals surface area (Å²) in [5.41, 5.74) is 1.21. The molecule has 1 aliphatic heterocycles. The summed E-state index contributed by atoms with van der Waals surface area (Å²) in [5, 5.41) is 7.96. The third kappa shape index (κ3) is 7.45. The molecule has 220 valence electrons. The number of carbonyl (C=O) groups is 2. The molecule has 0 spiro atoms. The fourth-order valence-electron chi connectivity index (χ4n) is 5.13. The Morgan fingerprint density at radius 1 is 0.976 bits per heavy atom. The van der Waals surface area contributed by atoms with Crippen LogP contribution in [0.3, 0.4) is 0 Å². The topological polar surface area (TPSA) is 98.6 Å². The van der Waals surface area contributed by atoms with Gasteiger partial charge < -0.3 is 19.7 Å². The SMILES string of the molecule is CCOC(=O)C1(Cc2cc(-c3ccccc3)cc(Nc3ccnn3C(C)(C)C)n2)CCN(C(=O)OC(C)(C)C)CC1. The second-order valence-corrected chi connectivity index (χ2v) is 12.7. The van der Waals surface area contributed by atoms with Crippen molar-refractivity contribution in [1.82, 2.24) is 19.7 Å². The third-order valence-electron chi connectivity index (χ3n) is 7.12. The predicted octanol–water partition coefficient (Wildman–Crippen LogP) is 6.57. The Balaban J connectivity index is 1.67. The van der Waals surface area contributed by atoms with Crippen LogP contribution >= 0.6 is 0 Å². The molecule has 0 aliphatic carbocycles. The average Bonchev–Trinajstić information content (AvgIpc) is 3.37. The van der Waals surface area contributed by atoms with Gasteiger partial charge in [0.05, 0.1) is 23.8 Å². The second-order valence-electron chi connectivity index (χ2n) is 12.7. The summed E-state index contributed by atoms with van der Waals surface area (Å²) in [6.45, 7) is 14.7. The van der Waals surface area contributed by atoms with Crippen molar-refractivity contribution in [3.8, 4) is 11.1 Å². The van der Waals surface area contributed by atoms with E-state index in [9.17, 15) is 9.59 Å². The number of carbonyl (C=O) groups excluding carboxylic acids is 2. The van der Waals surface area contributed by atoms with Gasteiger partial charge in [0.25, 0.3) is 0 Å². The van der Waals surface area contributed by atoms with Crippen molar-refractivity contribution in [3.05, 3.63) is 60.4 Å². The van der Waals surface area contributed by atoms with Crippen LogP contribution < -0.4 is 5.32 Å². The molecule has 9 heteroatoms. The lowest BCUT2D eigenvalue weighted by molar-refractivity contribution is -0.158. The van der Waals surface area contributed by atoms with Crippen molar-refractivity contribution in [3.63, 3.8) is 0 Å². The fourth-order valence-corrected chi connectivity index (χ4v) is 5.13. The van der Waals surface area contributed by atoms with E-state index in [-0.39, 0.29) is 24.2 Å². The van der Waals surface area contributed by atoms with Crippen LogP contribution in [0, 0.1) is 5.41 Å². The Bertz CT molecular complexity index is 1350. The molecule has 3 heterocycles. The number of anilines is 2. The summed E-state index contributed by atoms with van der Waals surface area (Å²) in [4.78, 5) is 32.9. The molecule has 1 saturated heterocycles. The summed E-state index contributed by atoms with van der Waals surface area (Å²) in [7, 11) is 0. The highest BCUT2D eigenvalue weighted by Crippen LogP contribution is 2.38. The molecule has 0 bridgehead atoms. The Morgan fingerprint density at radius 2 is 1.66 bits per heavy atom. The number of likely N-dealkylation sites (tertiary alicyclic amines) is 1. The van der Waals surface area contributed by atoms with Gasteiger partial charge in [-0.15, -0.1) is 0 Å². The fraction of sp³-hybridized carbons (Fsp3) is 0.500. The number of ether oxygens (including phenoxy) is 2. The maximum Gasteiger partial charge on any atom is 0.410 e. The van der Waals surface area contributed by atoms with E-state index in [2.05, 4.69) is 43.3 Å². The molecule has 0 unspecified atom stereocenters. The lowest BCUT2D eigenvalue weighted by atomic mass is 9.74. The van der Waals surface area contributed by atoms with Gasteiger partial charge in [-0.3, -0.25) is 4.79 Å². The van der Waals surface area contributed by atoms with Crippen molar-refractivity contribution < 1.29 is 19.1 Å². The highest BCUT2D eigenvalue weighted by Gasteiger charge is 2.44. The zero-order valence-electron chi connectivity index (χ0n) is 25.4. The van der Waals surface area contributed by atoms with Crippen LogP contribution in [-0.2, 0) is 26.2 Å². The molecular weight excluding hydrogens is 518 g/mol. The Labute approximate surface area is 243 Å². The van der Waals surface area contributed by atoms with E-state index in [4.69, 9.17) is 14.5 Å². The molecule has 1 aromatic carbocycles. The zero-order valence-corrected chi connectivity index (χ0v) is 25.4. The van der Waals surface area contributed by atoms with E-state index < -0.39 is 11.0 Å². The predicted molar refractivity (Wildman–Crippen MR) is 160 cm³/mol. The van der Waals surface area contributed by atoms with Gasteiger partial charge in [0.1, 0.15) is 17.2 Å². The Kier molecular flexibility index (Phi) is 8.75. The third-order valence-corrected chi connectivity index (χ3v) is 7.12. The first-order valence-corrected chi connectivity index (χ1v) is 14.3. The van der Waals surface area contributed by atoms with Gasteiger partial charge in [0.15, 0.2) is 0 Å². The van der Waals surface area contributed by atoms with Gasteiger partial charge in [-0.25, -0.2) is 14.5 Å². The number of nitrogens with zero attached hydrogens (tertiary/aromatic N) is 4. The van der Waals surface area contributed by atoms with Crippen molar-refractivity contribution >= 4 is 23.7 Å². The van der Waals surface area contributed by atoms with Crippen molar-refractivity contribution in [2.24, 2.45) is 5.41 Å². The maximum atomic E-state index is 13.5. The molecule has 1 N–H and O–H groups in total. The molecule has 2 aromatic heterocycles. The van der Waals surface area contributed by atoms with Crippen LogP contribution in [0.15, 0.2) is 54.7 Å². The molecule has 0 saturated carbocycles. The monoisotopic (exact) mass is 561 g/mol. The minimum Gasteiger partial charge on any atom is -0.466 e. The summed E-state index contributed by atoms with van der Waals surface area (Å²) < 4.78 is 13.1. The molecule has 9 nitrogen and oxygen atoms in total. The van der Waals surface area contributed by atoms with Crippen LogP contribution in [0.25, 0.3) is 11.1 Å². The van der Waals surface area contributed by atoms with Gasteiger partial charge in [-0.2, -0.15) is 5.10 Å². The standard InChI is InChI=1S/C32H43N5O4/c1-8-40-28(38)32(15-18-36(19-16-32)29(39)41-31(5,6)7)22-25-20-24(23-12-10-9-11-13-23)21-26(34-25)35-27-14-17-33-37(27)30(2,3)4/h9-14,17,20-21H,8,15-16,18-19,22H2,1-7H3,(H,34,35). The van der Waals surface area contributed by atoms with Crippen molar-refractivity contribution in [1.29, 1.82) is 0 Å². The van der Waals surface area contributed by atoms with Gasteiger partial charge >= 0.3 is 12.1 Å². The molecule has 41 heavy (non-hydrogen) atoms. The quantitative estimate of drug-likeness (QED) is 0.326. The summed E-state index contributed by atoms with van der Waals surface area (Å²) >= 11 is 0. The van der Waals surface area contributed by atoms with Crippen LogP contribution in [0.4, 0.5) is 16.4 Å². The molecule has 1 amide bonds. The Morgan fingerprint density at radius 3 is 2.27 bits per heavy atom. The number of rotatable bonds is 7. The van der Waals surface area contributed by atoms with E-state index >= 15 is 0 Å². The van der Waals surface area contributed by atoms with Crippen molar-refractivity contribution in [2.75, 3.05) is 25.0 Å². The van der Waals surface area contributed by atoms with Gasteiger partial charge in [0, 0.05) is 31.3 Å². The van der Waals surface area contributed by atoms with Crippen molar-refractivity contribution in [2.45, 2.75) is 78.9 Å². The summed E-state index contributed by atoms with van der Waals surface area (Å²) in [5.74, 6) is 1.24. The van der Waals surface area contributed by atoms with Crippen LogP contribution in [-0.4, -0.2) is 57.0 Å². The maximum absolute atomic E-state index is 13.5. The second kappa shape index (κ2) is 11.9. The van der Waals surface area contributed by atoms with Gasteiger partial charge in [-0.1, -0.05) is 30.3 Å². The first-order chi connectivity index (χ1) is 19.3. The lowest BCUT2D eigenvalue weighted by Crippen LogP contribution is -2.49. The molecule has 1 aliphatic rings. The van der Waals surface area contributed by atoms with Crippen LogP contribution in [0.1, 0.15) is 67.0 Å². The number of aromatic nitrogens is 3. The summed E-state index contributed by atoms with van der Waals surface area (Å²) in [6, 6.07) is 16.1. The van der Waals surface area contributed by atoms with E-state index in [0.717, 1.165) is 22.6 Å². The number of hydrogen-bond donors (Lipinski definition) is 1.